The molecule has 0 saturated heterocycles. The van der Waals surface area contributed by atoms with E-state index in [1.807, 2.05) is 42.5 Å². The Balaban J connectivity index is 1.24. The third-order valence-corrected chi connectivity index (χ3v) is 9.44. The lowest BCUT2D eigenvalue weighted by molar-refractivity contribution is -0.0262. The first-order valence-electron chi connectivity index (χ1n) is 17.8. The van der Waals surface area contributed by atoms with Crippen molar-refractivity contribution in [2.24, 2.45) is 5.73 Å². The van der Waals surface area contributed by atoms with E-state index in [-0.39, 0.29) is 11.2 Å². The van der Waals surface area contributed by atoms with Gasteiger partial charge in [-0.15, -0.1) is 0 Å². The smallest absolute Gasteiger partial charge is 0.251 e. The molecule has 2 aromatic rings. The van der Waals surface area contributed by atoms with E-state index in [9.17, 15) is 4.79 Å². The number of nitrogens with zero attached hydrogens (tertiary/aromatic N) is 1. The number of carbonyl (C=O) groups excluding carboxylic acids is 1. The predicted molar refractivity (Wildman–Crippen MR) is 202 cm³/mol. The Morgan fingerprint density at radius 2 is 1.00 bits per heavy atom. The molecule has 1 heterocycles. The van der Waals surface area contributed by atoms with Gasteiger partial charge in [-0.05, 0) is 47.5 Å². The van der Waals surface area contributed by atoms with Crippen LogP contribution in [-0.2, 0) is 47.4 Å². The third-order valence-electron chi connectivity index (χ3n) is 6.70. The minimum atomic E-state index is -0.121. The molecule has 52 heavy (non-hydrogen) atoms. The molecular weight excluding hydrogens is 715 g/mol. The Labute approximate surface area is 317 Å². The molecule has 3 N–H and O–H groups in total. The first-order valence-corrected chi connectivity index (χ1v) is 20.0. The van der Waals surface area contributed by atoms with Crippen molar-refractivity contribution >= 4 is 27.5 Å². The van der Waals surface area contributed by atoms with E-state index in [4.69, 9.17) is 53.1 Å². The summed E-state index contributed by atoms with van der Waals surface area (Å²) >= 11 is 0. The Bertz CT molecular complexity index is 1080. The molecule has 16 heteroatoms. The minimum Gasteiger partial charge on any atom is -0.378 e. The average molecular weight is 774 g/mol. The van der Waals surface area contributed by atoms with Crippen molar-refractivity contribution in [3.8, 4) is 0 Å². The summed E-state index contributed by atoms with van der Waals surface area (Å²) in [5.74, 6) is -0.121. The summed E-state index contributed by atoms with van der Waals surface area (Å²) in [6, 6.07) is 13.6. The first-order chi connectivity index (χ1) is 25.7. The van der Waals surface area contributed by atoms with Crippen LogP contribution in [-0.4, -0.2) is 156 Å². The quantitative estimate of drug-likeness (QED) is 0.0759. The highest BCUT2D eigenvalue weighted by Crippen LogP contribution is 2.41. The molecule has 1 atom stereocenters. The molecule has 0 saturated carbocycles. The zero-order valence-electron chi connectivity index (χ0n) is 30.6. The highest BCUT2D eigenvalue weighted by atomic mass is 33.1. The van der Waals surface area contributed by atoms with Gasteiger partial charge in [0.05, 0.1) is 132 Å². The second-order valence-corrected chi connectivity index (χ2v) is 13.3. The Morgan fingerprint density at radius 1 is 0.596 bits per heavy atom. The largest absolute Gasteiger partial charge is 0.378 e. The van der Waals surface area contributed by atoms with E-state index < -0.39 is 0 Å². The summed E-state index contributed by atoms with van der Waals surface area (Å²) in [7, 11) is 3.38. The lowest BCUT2D eigenvalue weighted by atomic mass is 10.1. The van der Waals surface area contributed by atoms with Crippen molar-refractivity contribution in [2.75, 3.05) is 145 Å². The molecule has 1 aromatic heterocycles. The lowest BCUT2D eigenvalue weighted by Crippen LogP contribution is -2.27. The SMILES string of the molecule is CC(SSc1ccccn1)c1ccc(C(=O)NCCOCCOCCOCCOCCOCCOCCOCCOCCOCCOCCN)cc1. The second-order valence-electron chi connectivity index (χ2n) is 10.8. The molecule has 296 valence electrons. The molecule has 1 aromatic carbocycles. The zero-order valence-corrected chi connectivity index (χ0v) is 32.2. The van der Waals surface area contributed by atoms with Crippen LogP contribution in [0.4, 0.5) is 0 Å². The fourth-order valence-electron chi connectivity index (χ4n) is 3.98. The van der Waals surface area contributed by atoms with Crippen molar-refractivity contribution in [3.63, 3.8) is 0 Å². The lowest BCUT2D eigenvalue weighted by Gasteiger charge is -2.11. The van der Waals surface area contributed by atoms with Gasteiger partial charge in [0.1, 0.15) is 5.03 Å². The third kappa shape index (κ3) is 26.8. The second kappa shape index (κ2) is 34.8. The van der Waals surface area contributed by atoms with E-state index in [0.717, 1.165) is 10.6 Å². The minimum absolute atomic E-state index is 0.121. The van der Waals surface area contributed by atoms with Crippen LogP contribution in [0.5, 0.6) is 0 Å². The van der Waals surface area contributed by atoms with Crippen LogP contribution >= 0.6 is 21.6 Å². The molecule has 0 aliphatic carbocycles. The number of benzene rings is 1. The van der Waals surface area contributed by atoms with Gasteiger partial charge in [0.2, 0.25) is 0 Å². The van der Waals surface area contributed by atoms with Gasteiger partial charge in [-0.1, -0.05) is 29.0 Å². The van der Waals surface area contributed by atoms with Crippen molar-refractivity contribution in [1.82, 2.24) is 10.3 Å². The molecule has 0 spiro atoms. The standard InChI is InChI=1S/C36H59N3O11S2/c1-32(51-52-35-4-2-3-10-38-35)33-5-7-34(8-6-33)36(40)39-11-13-42-15-17-44-19-21-46-23-25-48-27-29-50-31-30-49-28-26-47-24-22-45-20-18-43-16-14-41-12-9-37/h2-8,10,32H,9,11-31,37H2,1H3,(H,39,40). The van der Waals surface area contributed by atoms with Gasteiger partial charge in [-0.2, -0.15) is 0 Å². The van der Waals surface area contributed by atoms with E-state index in [1.54, 1.807) is 27.8 Å². The first kappa shape index (κ1) is 46.3. The van der Waals surface area contributed by atoms with Crippen LogP contribution in [0.3, 0.4) is 0 Å². The van der Waals surface area contributed by atoms with Crippen LogP contribution < -0.4 is 11.1 Å². The van der Waals surface area contributed by atoms with Gasteiger partial charge >= 0.3 is 0 Å². The Hall–Kier alpha value is -1.90. The van der Waals surface area contributed by atoms with Crippen LogP contribution in [0, 0.1) is 0 Å². The molecule has 0 fully saturated rings. The number of nitrogens with one attached hydrogen (secondary N) is 1. The van der Waals surface area contributed by atoms with Gasteiger partial charge in [0, 0.05) is 30.1 Å². The van der Waals surface area contributed by atoms with Crippen LogP contribution in [0.15, 0.2) is 53.7 Å². The zero-order chi connectivity index (χ0) is 37.0. The number of pyridine rings is 1. The van der Waals surface area contributed by atoms with Gasteiger partial charge < -0.3 is 58.4 Å². The predicted octanol–water partition coefficient (Wildman–Crippen LogP) is 3.44. The maximum Gasteiger partial charge on any atom is 0.251 e. The molecule has 14 nitrogen and oxygen atoms in total. The summed E-state index contributed by atoms with van der Waals surface area (Å²) in [5, 5.41) is 4.13. The highest BCUT2D eigenvalue weighted by Gasteiger charge is 2.10. The fraction of sp³-hybridized carbons (Fsp3) is 0.667. The van der Waals surface area contributed by atoms with Crippen molar-refractivity contribution in [1.29, 1.82) is 0 Å². The van der Waals surface area contributed by atoms with E-state index in [0.29, 0.717) is 151 Å². The van der Waals surface area contributed by atoms with Gasteiger partial charge in [-0.25, -0.2) is 4.98 Å². The fourth-order valence-corrected chi connectivity index (χ4v) is 6.09. The van der Waals surface area contributed by atoms with Crippen LogP contribution in [0.2, 0.25) is 0 Å². The summed E-state index contributed by atoms with van der Waals surface area (Å²) < 4.78 is 54.5. The average Bonchev–Trinajstić information content (AvgIpc) is 3.17. The molecule has 0 aliphatic rings. The summed E-state index contributed by atoms with van der Waals surface area (Å²) in [6.45, 7) is 13.0. The topological polar surface area (TPSA) is 160 Å². The summed E-state index contributed by atoms with van der Waals surface area (Å²) in [6.07, 6.45) is 1.79. The number of amides is 1. The number of rotatable bonds is 37. The van der Waals surface area contributed by atoms with E-state index in [2.05, 4.69) is 17.2 Å². The van der Waals surface area contributed by atoms with Crippen LogP contribution in [0.1, 0.15) is 28.1 Å². The number of aromatic nitrogens is 1. The maximum atomic E-state index is 12.4. The summed E-state index contributed by atoms with van der Waals surface area (Å²) in [5.41, 5.74) is 7.12. The molecule has 0 radical (unpaired) electrons. The van der Waals surface area contributed by atoms with Gasteiger partial charge in [-0.3, -0.25) is 4.79 Å². The van der Waals surface area contributed by atoms with Crippen molar-refractivity contribution in [2.45, 2.75) is 17.2 Å². The molecule has 0 aliphatic heterocycles. The number of hydrogen-bond donors (Lipinski definition) is 2. The molecule has 2 rings (SSSR count). The maximum absolute atomic E-state index is 12.4. The molecule has 1 amide bonds. The molecule has 0 bridgehead atoms. The van der Waals surface area contributed by atoms with Crippen molar-refractivity contribution < 1.29 is 52.2 Å². The Kier molecular flexibility index (Phi) is 31.0. The van der Waals surface area contributed by atoms with Crippen molar-refractivity contribution in [3.05, 3.63) is 59.8 Å². The monoisotopic (exact) mass is 773 g/mol. The van der Waals surface area contributed by atoms with Crippen LogP contribution in [0.25, 0.3) is 0 Å². The van der Waals surface area contributed by atoms with Gasteiger partial charge in [0.15, 0.2) is 0 Å². The number of hydrogen-bond acceptors (Lipinski definition) is 15. The molecule has 1 unspecified atom stereocenters. The molecular formula is C36H59N3O11S2. The number of nitrogens with two attached hydrogens (primary N) is 1. The number of carbonyl (C=O) groups is 1. The normalized spacial score (nSPS) is 12.0. The number of ether oxygens (including phenoxy) is 10. The Morgan fingerprint density at radius 3 is 1.38 bits per heavy atom. The van der Waals surface area contributed by atoms with Gasteiger partial charge in [0.25, 0.3) is 5.91 Å². The van der Waals surface area contributed by atoms with E-state index in [1.165, 1.54) is 0 Å². The highest BCUT2D eigenvalue weighted by molar-refractivity contribution is 8.76. The summed E-state index contributed by atoms with van der Waals surface area (Å²) in [4.78, 5) is 16.8. The van der Waals surface area contributed by atoms with E-state index >= 15 is 0 Å².